The number of carbonyl (C=O) groups is 1. The van der Waals surface area contributed by atoms with Crippen molar-refractivity contribution in [2.75, 3.05) is 5.73 Å². The largest absolute Gasteiger partial charge is 0.421 e. The van der Waals surface area contributed by atoms with Crippen LogP contribution in [0.3, 0.4) is 0 Å². The van der Waals surface area contributed by atoms with Gasteiger partial charge in [-0.15, -0.1) is 0 Å². The number of nitrogens with one attached hydrogen (secondary N) is 1. The Bertz CT molecular complexity index is 1390. The number of amides is 1. The van der Waals surface area contributed by atoms with Crippen LogP contribution in [0.15, 0.2) is 67.8 Å². The highest BCUT2D eigenvalue weighted by atomic mass is 19.1. The summed E-state index contributed by atoms with van der Waals surface area (Å²) in [5, 5.41) is 2.76. The van der Waals surface area contributed by atoms with Crippen molar-refractivity contribution in [3.8, 4) is 34.1 Å². The summed E-state index contributed by atoms with van der Waals surface area (Å²) in [6.07, 6.45) is 5.67. The van der Waals surface area contributed by atoms with Gasteiger partial charge in [-0.2, -0.15) is 0 Å². The number of hydrogen-bond donors (Lipinski definition) is 2. The molecule has 1 aromatic carbocycles. The quantitative estimate of drug-likeness (QED) is 0.384. The number of ether oxygens (including phenoxy) is 1. The predicted octanol–water partition coefficient (Wildman–Crippen LogP) is 4.18. The van der Waals surface area contributed by atoms with Crippen molar-refractivity contribution in [3.05, 3.63) is 85.0 Å². The lowest BCUT2D eigenvalue weighted by Crippen LogP contribution is -2.25. The summed E-state index contributed by atoms with van der Waals surface area (Å²) in [6, 6.07) is 9.43. The maximum Gasteiger partial charge on any atom is 0.322 e. The number of nitrogens with zero attached hydrogens (tertiary/aromatic N) is 5. The van der Waals surface area contributed by atoms with Crippen molar-refractivity contribution < 1.29 is 13.9 Å². The zero-order valence-corrected chi connectivity index (χ0v) is 19.1. The van der Waals surface area contributed by atoms with E-state index in [1.807, 2.05) is 6.92 Å². The number of aryl methyl sites for hydroxylation is 1. The Kier molecular flexibility index (Phi) is 6.72. The zero-order valence-electron chi connectivity index (χ0n) is 19.1. The van der Waals surface area contributed by atoms with Crippen LogP contribution in [0.5, 0.6) is 11.8 Å². The van der Waals surface area contributed by atoms with Crippen molar-refractivity contribution in [2.24, 2.45) is 0 Å². The van der Waals surface area contributed by atoms with E-state index in [2.05, 4.69) is 36.8 Å². The van der Waals surface area contributed by atoms with Crippen LogP contribution in [0.4, 0.5) is 10.2 Å². The molecule has 0 aliphatic heterocycles. The van der Waals surface area contributed by atoms with Gasteiger partial charge in [0, 0.05) is 23.7 Å². The fourth-order valence-electron chi connectivity index (χ4n) is 3.36. The highest BCUT2D eigenvalue weighted by Gasteiger charge is 2.17. The number of nitrogens with two attached hydrogens (primary N) is 1. The number of rotatable bonds is 7. The second-order valence-electron chi connectivity index (χ2n) is 7.62. The Labute approximate surface area is 201 Å². The third-order valence-corrected chi connectivity index (χ3v) is 5.12. The van der Waals surface area contributed by atoms with Gasteiger partial charge in [-0.1, -0.05) is 12.6 Å². The number of carbonyl (C=O) groups excluding carboxylic acids is 1. The second-order valence-corrected chi connectivity index (χ2v) is 7.62. The second kappa shape index (κ2) is 10.0. The SMILES string of the molecule is C=CC(=O)NC(C)c1ccc(-c2ncnc(N)c2-c2ccc(Oc3nccc(C)n3)c(F)c2)cn1. The molecule has 176 valence electrons. The molecule has 1 amide bonds. The summed E-state index contributed by atoms with van der Waals surface area (Å²) in [6.45, 7) is 7.04. The molecule has 0 saturated carbocycles. The number of nitrogen functional groups attached to an aromatic ring is 1. The third-order valence-electron chi connectivity index (χ3n) is 5.12. The molecule has 0 fully saturated rings. The van der Waals surface area contributed by atoms with Crippen molar-refractivity contribution in [1.82, 2.24) is 30.2 Å². The summed E-state index contributed by atoms with van der Waals surface area (Å²) in [4.78, 5) is 32.5. The zero-order chi connectivity index (χ0) is 24.9. The molecular formula is C25H22FN7O2. The predicted molar refractivity (Wildman–Crippen MR) is 129 cm³/mol. The molecular weight excluding hydrogens is 449 g/mol. The van der Waals surface area contributed by atoms with Gasteiger partial charge in [0.2, 0.25) is 5.91 Å². The van der Waals surface area contributed by atoms with Crippen LogP contribution in [0.2, 0.25) is 0 Å². The van der Waals surface area contributed by atoms with E-state index in [9.17, 15) is 9.18 Å². The average molecular weight is 471 g/mol. The molecule has 0 bridgehead atoms. The number of hydrogen-bond acceptors (Lipinski definition) is 8. The fraction of sp³-hybridized carbons (Fsp3) is 0.120. The normalized spacial score (nSPS) is 11.5. The van der Waals surface area contributed by atoms with E-state index in [1.165, 1.54) is 30.7 Å². The topological polar surface area (TPSA) is 129 Å². The van der Waals surface area contributed by atoms with Crippen molar-refractivity contribution in [2.45, 2.75) is 19.9 Å². The molecule has 4 aromatic rings. The van der Waals surface area contributed by atoms with E-state index >= 15 is 0 Å². The Hall–Kier alpha value is -4.73. The smallest absolute Gasteiger partial charge is 0.322 e. The molecule has 9 nitrogen and oxygen atoms in total. The Morgan fingerprint density at radius 1 is 1.14 bits per heavy atom. The molecule has 1 atom stereocenters. The Balaban J connectivity index is 1.65. The monoisotopic (exact) mass is 471 g/mol. The van der Waals surface area contributed by atoms with Crippen LogP contribution in [0.1, 0.15) is 24.4 Å². The van der Waals surface area contributed by atoms with E-state index in [-0.39, 0.29) is 29.5 Å². The Morgan fingerprint density at radius 3 is 2.63 bits per heavy atom. The molecule has 0 spiro atoms. The van der Waals surface area contributed by atoms with Crippen LogP contribution >= 0.6 is 0 Å². The van der Waals surface area contributed by atoms with Gasteiger partial charge in [-0.25, -0.2) is 24.3 Å². The lowest BCUT2D eigenvalue weighted by molar-refractivity contribution is -0.117. The third kappa shape index (κ3) is 5.27. The molecule has 35 heavy (non-hydrogen) atoms. The number of anilines is 1. The summed E-state index contributed by atoms with van der Waals surface area (Å²) in [7, 11) is 0. The highest BCUT2D eigenvalue weighted by molar-refractivity contribution is 5.88. The number of pyridine rings is 1. The first-order valence-electron chi connectivity index (χ1n) is 10.6. The Morgan fingerprint density at radius 2 is 1.94 bits per heavy atom. The van der Waals surface area contributed by atoms with Crippen molar-refractivity contribution in [1.29, 1.82) is 0 Å². The summed E-state index contributed by atoms with van der Waals surface area (Å²) in [5.41, 5.74) is 9.56. The molecule has 0 saturated heterocycles. The molecule has 3 N–H and O–H groups in total. The van der Waals surface area contributed by atoms with Gasteiger partial charge in [0.1, 0.15) is 12.1 Å². The van der Waals surface area contributed by atoms with Gasteiger partial charge >= 0.3 is 6.01 Å². The minimum atomic E-state index is -0.623. The first kappa shape index (κ1) is 23.4. The molecule has 10 heteroatoms. The molecule has 3 aromatic heterocycles. The van der Waals surface area contributed by atoms with E-state index in [1.54, 1.807) is 37.4 Å². The summed E-state index contributed by atoms with van der Waals surface area (Å²) < 4.78 is 20.4. The molecule has 3 heterocycles. The molecule has 0 radical (unpaired) electrons. The lowest BCUT2D eigenvalue weighted by Gasteiger charge is -2.14. The van der Waals surface area contributed by atoms with Gasteiger partial charge in [-0.3, -0.25) is 9.78 Å². The maximum atomic E-state index is 14.9. The first-order valence-corrected chi connectivity index (χ1v) is 10.6. The van der Waals surface area contributed by atoms with Crippen LogP contribution in [0, 0.1) is 12.7 Å². The summed E-state index contributed by atoms with van der Waals surface area (Å²) in [5.74, 6) is -0.765. The molecule has 0 aliphatic carbocycles. The van der Waals surface area contributed by atoms with E-state index in [0.29, 0.717) is 33.8 Å². The van der Waals surface area contributed by atoms with Gasteiger partial charge in [-0.05, 0) is 55.8 Å². The van der Waals surface area contributed by atoms with Crippen LogP contribution in [-0.2, 0) is 4.79 Å². The van der Waals surface area contributed by atoms with Gasteiger partial charge in [0.25, 0.3) is 0 Å². The van der Waals surface area contributed by atoms with Crippen molar-refractivity contribution >= 4 is 11.7 Å². The minimum Gasteiger partial charge on any atom is -0.421 e. The molecule has 0 aliphatic rings. The van der Waals surface area contributed by atoms with Crippen molar-refractivity contribution in [3.63, 3.8) is 0 Å². The van der Waals surface area contributed by atoms with Gasteiger partial charge < -0.3 is 15.8 Å². The van der Waals surface area contributed by atoms with E-state index in [4.69, 9.17) is 10.5 Å². The number of halogens is 1. The molecule has 1 unspecified atom stereocenters. The fourth-order valence-corrected chi connectivity index (χ4v) is 3.36. The standard InChI is InChI=1S/C25H22FN7O2/c1-4-21(34)33-15(3)19-7-5-17(12-29-19)23-22(24(27)31-13-30-23)16-6-8-20(18(26)11-16)35-25-28-10-9-14(2)32-25/h4-13,15H,1H2,2-3H3,(H,33,34)(H2,27,30,31). The number of aromatic nitrogens is 5. The highest BCUT2D eigenvalue weighted by Crippen LogP contribution is 2.36. The van der Waals surface area contributed by atoms with E-state index < -0.39 is 5.82 Å². The van der Waals surface area contributed by atoms with E-state index in [0.717, 1.165) is 0 Å². The van der Waals surface area contributed by atoms with Gasteiger partial charge in [0.05, 0.1) is 23.0 Å². The number of benzene rings is 1. The summed E-state index contributed by atoms with van der Waals surface area (Å²) >= 11 is 0. The van der Waals surface area contributed by atoms with Gasteiger partial charge in [0.15, 0.2) is 11.6 Å². The average Bonchev–Trinajstić information content (AvgIpc) is 2.85. The van der Waals surface area contributed by atoms with Crippen LogP contribution in [0.25, 0.3) is 22.4 Å². The van der Waals surface area contributed by atoms with Crippen LogP contribution < -0.4 is 15.8 Å². The van der Waals surface area contributed by atoms with Crippen LogP contribution in [-0.4, -0.2) is 30.8 Å². The maximum absolute atomic E-state index is 14.9. The lowest BCUT2D eigenvalue weighted by atomic mass is 10.00. The minimum absolute atomic E-state index is 0.0297. The molecule has 4 rings (SSSR count). The first-order chi connectivity index (χ1) is 16.9.